The van der Waals surface area contributed by atoms with Gasteiger partial charge in [-0.1, -0.05) is 79.2 Å². The van der Waals surface area contributed by atoms with Gasteiger partial charge in [-0.15, -0.1) is 0 Å². The number of nitrogens with zero attached hydrogens (tertiary/aromatic N) is 2. The van der Waals surface area contributed by atoms with E-state index in [9.17, 15) is 14.7 Å². The van der Waals surface area contributed by atoms with Gasteiger partial charge in [-0.25, -0.2) is 5.48 Å². The van der Waals surface area contributed by atoms with E-state index in [0.717, 1.165) is 65.0 Å². The summed E-state index contributed by atoms with van der Waals surface area (Å²) in [4.78, 5) is 30.2. The van der Waals surface area contributed by atoms with Crippen LogP contribution < -0.4 is 10.8 Å². The Balaban J connectivity index is 1.19. The van der Waals surface area contributed by atoms with E-state index >= 15 is 0 Å². The first-order valence-electron chi connectivity index (χ1n) is 17.4. The molecular formula is C40H48N4O6. The number of likely N-dealkylation sites (N-methyl/N-ethyl adjacent to an activating group) is 1. The summed E-state index contributed by atoms with van der Waals surface area (Å²) in [5.74, 6) is -0.435. The van der Waals surface area contributed by atoms with Crippen LogP contribution in [-0.2, 0) is 38.6 Å². The molecule has 1 aliphatic rings. The third-order valence-corrected chi connectivity index (χ3v) is 8.97. The zero-order chi connectivity index (χ0) is 35.1. The number of rotatable bonds is 17. The number of ether oxygens (including phenoxy) is 2. The third-order valence-electron chi connectivity index (χ3n) is 8.97. The van der Waals surface area contributed by atoms with Crippen molar-refractivity contribution in [3.63, 3.8) is 0 Å². The minimum atomic E-state index is -0.539. The largest absolute Gasteiger partial charge is 0.392 e. The molecule has 0 spiro atoms. The predicted molar refractivity (Wildman–Crippen MR) is 191 cm³/mol. The molecule has 1 saturated heterocycles. The zero-order valence-electron chi connectivity index (χ0n) is 28.7. The Kier molecular flexibility index (Phi) is 14.0. The highest BCUT2D eigenvalue weighted by atomic mass is 16.7. The van der Waals surface area contributed by atoms with Crippen LogP contribution in [0.5, 0.6) is 0 Å². The lowest BCUT2D eigenvalue weighted by atomic mass is 9.99. The van der Waals surface area contributed by atoms with Gasteiger partial charge in [0, 0.05) is 62.8 Å². The van der Waals surface area contributed by atoms with Crippen LogP contribution in [0.1, 0.15) is 78.9 Å². The number of aromatic nitrogens is 1. The van der Waals surface area contributed by atoms with Crippen LogP contribution in [0.25, 0.3) is 11.1 Å². The SMILES string of the molecule is CN(CCc1ccccn1)CC1CC(c2ccc(CO)cc2)OC(c2ccc(-c3cccc(CNC(=O)CCCCCC(=O)NO)c3)cc2)O1. The van der Waals surface area contributed by atoms with Crippen LogP contribution in [0.3, 0.4) is 0 Å². The van der Waals surface area contributed by atoms with E-state index in [-0.39, 0.29) is 31.1 Å². The molecule has 5 rings (SSSR count). The zero-order valence-corrected chi connectivity index (χ0v) is 28.7. The summed E-state index contributed by atoms with van der Waals surface area (Å²) in [5, 5.41) is 21.1. The Morgan fingerprint density at radius 1 is 0.840 bits per heavy atom. The smallest absolute Gasteiger partial charge is 0.243 e. The molecule has 0 radical (unpaired) electrons. The van der Waals surface area contributed by atoms with Crippen LogP contribution >= 0.6 is 0 Å². The van der Waals surface area contributed by atoms with Crippen LogP contribution in [0, 0.1) is 0 Å². The fourth-order valence-corrected chi connectivity index (χ4v) is 6.11. The van der Waals surface area contributed by atoms with Crippen molar-refractivity contribution in [2.24, 2.45) is 0 Å². The molecule has 2 heterocycles. The monoisotopic (exact) mass is 680 g/mol. The minimum Gasteiger partial charge on any atom is -0.392 e. The highest BCUT2D eigenvalue weighted by Crippen LogP contribution is 2.38. The molecule has 4 N–H and O–H groups in total. The first-order chi connectivity index (χ1) is 24.4. The van der Waals surface area contributed by atoms with Crippen LogP contribution in [-0.4, -0.2) is 58.3 Å². The fraction of sp³-hybridized carbons (Fsp3) is 0.375. The van der Waals surface area contributed by atoms with Gasteiger partial charge in [-0.3, -0.25) is 19.8 Å². The van der Waals surface area contributed by atoms with E-state index in [1.807, 2.05) is 54.7 Å². The van der Waals surface area contributed by atoms with Gasteiger partial charge in [0.05, 0.1) is 18.8 Å². The van der Waals surface area contributed by atoms with Crippen LogP contribution in [0.15, 0.2) is 97.2 Å². The molecule has 4 aromatic rings. The maximum absolute atomic E-state index is 12.4. The summed E-state index contributed by atoms with van der Waals surface area (Å²) in [6.45, 7) is 2.05. The van der Waals surface area contributed by atoms with Crippen LogP contribution in [0.4, 0.5) is 0 Å². The molecular weight excluding hydrogens is 632 g/mol. The number of carbonyl (C=O) groups excluding carboxylic acids is 2. The maximum atomic E-state index is 12.4. The summed E-state index contributed by atoms with van der Waals surface area (Å²) >= 11 is 0. The van der Waals surface area contributed by atoms with Crippen molar-refractivity contribution in [3.8, 4) is 11.1 Å². The first-order valence-corrected chi connectivity index (χ1v) is 17.4. The molecule has 10 nitrogen and oxygen atoms in total. The second-order valence-electron chi connectivity index (χ2n) is 12.9. The number of aliphatic hydroxyl groups is 1. The second kappa shape index (κ2) is 19.1. The van der Waals surface area contributed by atoms with Crippen molar-refractivity contribution in [1.29, 1.82) is 0 Å². The second-order valence-corrected chi connectivity index (χ2v) is 12.9. The number of carbonyl (C=O) groups is 2. The van der Waals surface area contributed by atoms with Crippen LogP contribution in [0.2, 0.25) is 0 Å². The summed E-state index contributed by atoms with van der Waals surface area (Å²) in [6.07, 6.45) is 5.36. The number of amides is 2. The number of hydroxylamine groups is 1. The number of hydrogen-bond donors (Lipinski definition) is 4. The lowest BCUT2D eigenvalue weighted by molar-refractivity contribution is -0.252. The van der Waals surface area contributed by atoms with Gasteiger partial charge in [-0.2, -0.15) is 0 Å². The Hall–Kier alpha value is -4.45. The molecule has 2 amide bonds. The standard InChI is InChI=1S/C40H48N4O6/c1-44(23-21-35-10-5-6-22-41-35)27-36-25-37(32-15-13-29(28-45)14-16-32)50-40(49-36)33-19-17-31(18-20-33)34-9-7-8-30(24-34)26-42-38(46)11-3-2-4-12-39(47)43-48/h5-10,13-20,22,24,36-37,40,45,48H,2-4,11-12,21,23,25-28H2,1H3,(H,42,46)(H,43,47). The minimum absolute atomic E-state index is 0.00163. The van der Waals surface area contributed by atoms with Gasteiger partial charge in [0.15, 0.2) is 6.29 Å². The van der Waals surface area contributed by atoms with E-state index in [4.69, 9.17) is 14.7 Å². The lowest BCUT2D eigenvalue weighted by Gasteiger charge is -2.38. The summed E-state index contributed by atoms with van der Waals surface area (Å²) in [6, 6.07) is 30.3. The summed E-state index contributed by atoms with van der Waals surface area (Å²) in [7, 11) is 2.11. The molecule has 3 aromatic carbocycles. The number of unbranched alkanes of at least 4 members (excludes halogenated alkanes) is 2. The van der Waals surface area contributed by atoms with Gasteiger partial charge >= 0.3 is 0 Å². The van der Waals surface area contributed by atoms with E-state index in [0.29, 0.717) is 32.2 Å². The topological polar surface area (TPSA) is 133 Å². The molecule has 1 fully saturated rings. The van der Waals surface area contributed by atoms with Crippen molar-refractivity contribution < 1.29 is 29.4 Å². The highest BCUT2D eigenvalue weighted by molar-refractivity contribution is 5.76. The van der Waals surface area contributed by atoms with Gasteiger partial charge in [-0.05, 0) is 65.9 Å². The van der Waals surface area contributed by atoms with Gasteiger partial charge in [0.2, 0.25) is 11.8 Å². The molecule has 0 aliphatic carbocycles. The van der Waals surface area contributed by atoms with E-state index in [2.05, 4.69) is 64.7 Å². The van der Waals surface area contributed by atoms with E-state index in [1.54, 1.807) is 5.48 Å². The van der Waals surface area contributed by atoms with Crippen molar-refractivity contribution >= 4 is 11.8 Å². The van der Waals surface area contributed by atoms with Crippen molar-refractivity contribution in [3.05, 3.63) is 125 Å². The van der Waals surface area contributed by atoms with Gasteiger partial charge in [0.25, 0.3) is 0 Å². The van der Waals surface area contributed by atoms with Gasteiger partial charge in [0.1, 0.15) is 0 Å². The number of benzene rings is 3. The Morgan fingerprint density at radius 2 is 1.60 bits per heavy atom. The number of hydrogen-bond acceptors (Lipinski definition) is 8. The third kappa shape index (κ3) is 11.3. The molecule has 10 heteroatoms. The number of pyridine rings is 1. The Bertz CT molecular complexity index is 1630. The number of aliphatic hydroxyl groups excluding tert-OH is 1. The lowest BCUT2D eigenvalue weighted by Crippen LogP contribution is -2.38. The molecule has 0 bridgehead atoms. The number of nitrogens with one attached hydrogen (secondary N) is 2. The fourth-order valence-electron chi connectivity index (χ4n) is 6.11. The Labute approximate surface area is 294 Å². The molecule has 1 aromatic heterocycles. The van der Waals surface area contributed by atoms with E-state index < -0.39 is 12.2 Å². The van der Waals surface area contributed by atoms with Crippen molar-refractivity contribution in [1.82, 2.24) is 20.7 Å². The normalized spacial score (nSPS) is 17.4. The maximum Gasteiger partial charge on any atom is 0.243 e. The molecule has 3 unspecified atom stereocenters. The van der Waals surface area contributed by atoms with E-state index in [1.165, 1.54) is 0 Å². The van der Waals surface area contributed by atoms with Gasteiger partial charge < -0.3 is 24.8 Å². The Morgan fingerprint density at radius 3 is 2.32 bits per heavy atom. The first kappa shape index (κ1) is 36.8. The average Bonchev–Trinajstić information content (AvgIpc) is 3.16. The summed E-state index contributed by atoms with van der Waals surface area (Å²) in [5.41, 5.74) is 8.65. The van der Waals surface area contributed by atoms with Crippen molar-refractivity contribution in [2.75, 3.05) is 20.1 Å². The molecule has 264 valence electrons. The molecule has 3 atom stereocenters. The molecule has 50 heavy (non-hydrogen) atoms. The predicted octanol–water partition coefficient (Wildman–Crippen LogP) is 6.03. The quantitative estimate of drug-likeness (QED) is 0.0604. The molecule has 1 aliphatic heterocycles. The molecule has 0 saturated carbocycles. The summed E-state index contributed by atoms with van der Waals surface area (Å²) < 4.78 is 13.1. The highest BCUT2D eigenvalue weighted by Gasteiger charge is 2.32. The van der Waals surface area contributed by atoms with Crippen molar-refractivity contribution in [2.45, 2.75) is 76.6 Å². The average molecular weight is 681 g/mol.